The molecule has 8 heteroatoms. The predicted molar refractivity (Wildman–Crippen MR) is 50.3 cm³/mol. The molecule has 0 aromatic carbocycles. The van der Waals surface area contributed by atoms with Crippen molar-refractivity contribution in [3.63, 3.8) is 0 Å². The second-order valence-corrected chi connectivity index (χ2v) is 3.90. The number of fused-ring (bicyclic) bond motifs is 1. The Hall–Kier alpha value is -1.37. The summed E-state index contributed by atoms with van der Waals surface area (Å²) in [5, 5.41) is 7.32. The van der Waals surface area contributed by atoms with Crippen LogP contribution in [0.2, 0.25) is 5.15 Å². The maximum absolute atomic E-state index is 12.0. The van der Waals surface area contributed by atoms with E-state index in [1.807, 2.05) is 0 Å². The van der Waals surface area contributed by atoms with Gasteiger partial charge < -0.3 is 4.74 Å². The van der Waals surface area contributed by atoms with Gasteiger partial charge in [-0.3, -0.25) is 0 Å². The summed E-state index contributed by atoms with van der Waals surface area (Å²) >= 11 is 5.59. The fraction of sp³-hybridized carbons (Fsp3) is 0.444. The molecule has 0 saturated heterocycles. The largest absolute Gasteiger partial charge is 0.490 e. The molecular formula is C9H6ClF3N2O2. The van der Waals surface area contributed by atoms with Crippen molar-refractivity contribution in [2.24, 2.45) is 0 Å². The summed E-state index contributed by atoms with van der Waals surface area (Å²) in [7, 11) is 0. The van der Waals surface area contributed by atoms with Crippen LogP contribution >= 0.6 is 11.6 Å². The lowest BCUT2D eigenvalue weighted by molar-refractivity contribution is -0.205. The van der Waals surface area contributed by atoms with Crippen LogP contribution < -0.4 is 0 Å². The molecule has 1 aliphatic carbocycles. The molecule has 1 aromatic heterocycles. The van der Waals surface area contributed by atoms with Gasteiger partial charge in [0, 0.05) is 0 Å². The minimum atomic E-state index is -5.00. The van der Waals surface area contributed by atoms with Gasteiger partial charge in [-0.15, -0.1) is 10.2 Å². The number of carbonyl (C=O) groups excluding carboxylic acids is 1. The van der Waals surface area contributed by atoms with Crippen LogP contribution in [-0.2, 0) is 16.0 Å². The summed E-state index contributed by atoms with van der Waals surface area (Å²) in [6, 6.07) is 1.51. The van der Waals surface area contributed by atoms with Crippen LogP contribution in [0.3, 0.4) is 0 Å². The first-order chi connectivity index (χ1) is 7.88. The highest BCUT2D eigenvalue weighted by Gasteiger charge is 2.43. The monoisotopic (exact) mass is 266 g/mol. The van der Waals surface area contributed by atoms with E-state index in [1.54, 1.807) is 0 Å². The van der Waals surface area contributed by atoms with Gasteiger partial charge in [-0.05, 0) is 24.5 Å². The minimum Gasteiger partial charge on any atom is -0.449 e. The third-order valence-electron chi connectivity index (χ3n) is 2.34. The molecule has 92 valence electrons. The fourth-order valence-electron chi connectivity index (χ4n) is 1.62. The first kappa shape index (κ1) is 12.1. The van der Waals surface area contributed by atoms with Crippen LogP contribution in [0.15, 0.2) is 6.07 Å². The van der Waals surface area contributed by atoms with Gasteiger partial charge in [-0.1, -0.05) is 11.6 Å². The van der Waals surface area contributed by atoms with Crippen molar-refractivity contribution in [2.75, 3.05) is 0 Å². The third kappa shape index (κ3) is 2.49. The van der Waals surface area contributed by atoms with Crippen LogP contribution in [0.4, 0.5) is 13.2 Å². The quantitative estimate of drug-likeness (QED) is 0.732. The van der Waals surface area contributed by atoms with Gasteiger partial charge >= 0.3 is 12.1 Å². The summed E-state index contributed by atoms with van der Waals surface area (Å²) in [6.07, 6.45) is -5.28. The van der Waals surface area contributed by atoms with Gasteiger partial charge in [0.2, 0.25) is 0 Å². The van der Waals surface area contributed by atoms with Crippen molar-refractivity contribution in [3.8, 4) is 0 Å². The second-order valence-electron chi connectivity index (χ2n) is 3.51. The van der Waals surface area contributed by atoms with E-state index in [4.69, 9.17) is 11.6 Å². The second kappa shape index (κ2) is 4.14. The number of rotatable bonds is 1. The van der Waals surface area contributed by atoms with Crippen molar-refractivity contribution in [1.82, 2.24) is 10.2 Å². The van der Waals surface area contributed by atoms with Gasteiger partial charge in [0.05, 0.1) is 0 Å². The molecule has 0 radical (unpaired) electrons. The van der Waals surface area contributed by atoms with Crippen molar-refractivity contribution in [3.05, 3.63) is 22.5 Å². The number of hydrogen-bond acceptors (Lipinski definition) is 4. The van der Waals surface area contributed by atoms with E-state index >= 15 is 0 Å². The number of carbonyl (C=O) groups is 1. The Morgan fingerprint density at radius 3 is 2.82 bits per heavy atom. The molecule has 1 atom stereocenters. The molecular weight excluding hydrogens is 261 g/mol. The highest BCUT2D eigenvalue weighted by Crippen LogP contribution is 2.34. The van der Waals surface area contributed by atoms with E-state index in [2.05, 4.69) is 14.9 Å². The zero-order valence-corrected chi connectivity index (χ0v) is 9.05. The van der Waals surface area contributed by atoms with Crippen molar-refractivity contribution < 1.29 is 22.7 Å². The number of halogens is 4. The first-order valence-electron chi connectivity index (χ1n) is 4.67. The lowest BCUT2D eigenvalue weighted by atomic mass is 10.2. The number of hydrogen-bond donors (Lipinski definition) is 0. The molecule has 0 aliphatic heterocycles. The standard InChI is InChI=1S/C9H6ClF3N2O2/c10-6-3-4-1-2-5(7(4)15-14-6)17-8(16)9(11,12)13/h3,5H,1-2H2. The lowest BCUT2D eigenvalue weighted by Crippen LogP contribution is -2.26. The maximum atomic E-state index is 12.0. The van der Waals surface area contributed by atoms with E-state index in [-0.39, 0.29) is 17.3 Å². The zero-order valence-electron chi connectivity index (χ0n) is 8.29. The van der Waals surface area contributed by atoms with Crippen LogP contribution in [0.1, 0.15) is 23.8 Å². The molecule has 0 N–H and O–H groups in total. The number of ether oxygens (including phenoxy) is 1. The summed E-state index contributed by atoms with van der Waals surface area (Å²) in [4.78, 5) is 10.7. The molecule has 1 aliphatic rings. The van der Waals surface area contributed by atoms with E-state index < -0.39 is 18.2 Å². The summed E-state index contributed by atoms with van der Waals surface area (Å²) < 4.78 is 40.4. The minimum absolute atomic E-state index is 0.159. The van der Waals surface area contributed by atoms with E-state index in [0.29, 0.717) is 12.0 Å². The number of aromatic nitrogens is 2. The van der Waals surface area contributed by atoms with Crippen LogP contribution in [0, 0.1) is 0 Å². The van der Waals surface area contributed by atoms with Gasteiger partial charge in [-0.2, -0.15) is 13.2 Å². The highest BCUT2D eigenvalue weighted by atomic mass is 35.5. The Morgan fingerprint density at radius 1 is 1.47 bits per heavy atom. The summed E-state index contributed by atoms with van der Waals surface area (Å²) in [5.74, 6) is -2.22. The molecule has 0 saturated carbocycles. The Kier molecular flexibility index (Phi) is 2.94. The average Bonchev–Trinajstić information content (AvgIpc) is 2.59. The first-order valence-corrected chi connectivity index (χ1v) is 5.05. The molecule has 1 heterocycles. The molecule has 0 fully saturated rings. The van der Waals surface area contributed by atoms with E-state index in [0.717, 1.165) is 0 Å². The van der Waals surface area contributed by atoms with Crippen LogP contribution in [-0.4, -0.2) is 22.3 Å². The third-order valence-corrected chi connectivity index (χ3v) is 2.52. The Bertz CT molecular complexity index is 464. The number of esters is 1. The smallest absolute Gasteiger partial charge is 0.449 e. The number of nitrogens with zero attached hydrogens (tertiary/aromatic N) is 2. The summed E-state index contributed by atoms with van der Waals surface area (Å²) in [5.41, 5.74) is 0.900. The Labute approximate surface area is 98.7 Å². The number of aryl methyl sites for hydroxylation is 1. The Balaban J connectivity index is 2.15. The number of alkyl halides is 3. The summed E-state index contributed by atoms with van der Waals surface area (Å²) in [6.45, 7) is 0. The van der Waals surface area contributed by atoms with Crippen molar-refractivity contribution >= 4 is 17.6 Å². The predicted octanol–water partition coefficient (Wildman–Crippen LogP) is 2.22. The maximum Gasteiger partial charge on any atom is 0.490 e. The fourth-order valence-corrected chi connectivity index (χ4v) is 1.79. The van der Waals surface area contributed by atoms with Gasteiger partial charge in [0.1, 0.15) is 11.8 Å². The van der Waals surface area contributed by atoms with Gasteiger partial charge in [0.15, 0.2) is 5.15 Å². The van der Waals surface area contributed by atoms with Gasteiger partial charge in [-0.25, -0.2) is 4.79 Å². The Morgan fingerprint density at radius 2 is 2.18 bits per heavy atom. The van der Waals surface area contributed by atoms with Crippen molar-refractivity contribution in [2.45, 2.75) is 25.1 Å². The molecule has 1 unspecified atom stereocenters. The molecule has 4 nitrogen and oxygen atoms in total. The van der Waals surface area contributed by atoms with Crippen LogP contribution in [0.5, 0.6) is 0 Å². The average molecular weight is 267 g/mol. The highest BCUT2D eigenvalue weighted by molar-refractivity contribution is 6.29. The molecule has 0 spiro atoms. The van der Waals surface area contributed by atoms with Crippen molar-refractivity contribution in [1.29, 1.82) is 0 Å². The normalized spacial score (nSPS) is 18.9. The molecule has 2 rings (SSSR count). The SMILES string of the molecule is O=C(OC1CCc2cc(Cl)nnc21)C(F)(F)F. The van der Waals surface area contributed by atoms with E-state index in [1.165, 1.54) is 6.07 Å². The molecule has 0 bridgehead atoms. The zero-order chi connectivity index (χ0) is 12.6. The molecule has 17 heavy (non-hydrogen) atoms. The molecule has 0 amide bonds. The molecule has 1 aromatic rings. The van der Waals surface area contributed by atoms with E-state index in [9.17, 15) is 18.0 Å². The van der Waals surface area contributed by atoms with Crippen LogP contribution in [0.25, 0.3) is 0 Å². The van der Waals surface area contributed by atoms with Gasteiger partial charge in [0.25, 0.3) is 0 Å². The topological polar surface area (TPSA) is 52.1 Å². The lowest BCUT2D eigenvalue weighted by Gasteiger charge is -2.13.